The van der Waals surface area contributed by atoms with Crippen LogP contribution in [0.3, 0.4) is 0 Å². The molecule has 3 atom stereocenters. The van der Waals surface area contributed by atoms with E-state index in [-0.39, 0.29) is 47.8 Å². The molecule has 2 heterocycles. The number of Topliss-reactive ketones (excluding diaryl/α,β-unsaturated/α-hetero) is 1. The van der Waals surface area contributed by atoms with Crippen molar-refractivity contribution in [3.63, 3.8) is 0 Å². The lowest BCUT2D eigenvalue weighted by Crippen LogP contribution is -2.52. The summed E-state index contributed by atoms with van der Waals surface area (Å²) in [7, 11) is 3.30. The molecule has 1 aromatic rings. The van der Waals surface area contributed by atoms with Gasteiger partial charge in [-0.3, -0.25) is 4.79 Å². The number of ether oxygens (including phenoxy) is 4. The number of ketones is 1. The highest BCUT2D eigenvalue weighted by Gasteiger charge is 2.48. The third kappa shape index (κ3) is 4.95. The molecule has 0 saturated carbocycles. The Morgan fingerprint density at radius 3 is 2.44 bits per heavy atom. The van der Waals surface area contributed by atoms with Crippen LogP contribution in [0.4, 0.5) is 0 Å². The van der Waals surface area contributed by atoms with Crippen LogP contribution in [0, 0.1) is 5.41 Å². The highest BCUT2D eigenvalue weighted by atomic mass is 16.5. The summed E-state index contributed by atoms with van der Waals surface area (Å²) in [6.07, 6.45) is 3.70. The molecule has 0 radical (unpaired) electrons. The third-order valence-electron chi connectivity index (χ3n) is 7.29. The number of carbonyl (C=O) groups excluding carboxylic acids is 2. The minimum Gasteiger partial charge on any atom is -0.493 e. The number of fused-ring (bicyclic) bond motifs is 3. The van der Waals surface area contributed by atoms with E-state index in [0.29, 0.717) is 24.7 Å². The van der Waals surface area contributed by atoms with Crippen molar-refractivity contribution in [1.82, 2.24) is 4.90 Å². The Kier molecular flexibility index (Phi) is 8.29. The molecule has 7 nitrogen and oxygen atoms in total. The van der Waals surface area contributed by atoms with Gasteiger partial charge in [0, 0.05) is 44.7 Å². The van der Waals surface area contributed by atoms with Gasteiger partial charge in [-0.2, -0.15) is 0 Å². The maximum atomic E-state index is 13.0. The molecule has 0 spiro atoms. The van der Waals surface area contributed by atoms with Gasteiger partial charge in [-0.05, 0) is 42.0 Å². The monoisotopic (exact) mass is 473 g/mol. The van der Waals surface area contributed by atoms with Gasteiger partial charge in [-0.1, -0.05) is 27.7 Å². The summed E-state index contributed by atoms with van der Waals surface area (Å²) < 4.78 is 22.0. The Bertz CT molecular complexity index is 937. The molecule has 34 heavy (non-hydrogen) atoms. The zero-order valence-electron chi connectivity index (χ0n) is 21.6. The number of methoxy groups -OCH3 is 2. The Hall–Kier alpha value is -2.54. The SMILES string of the molecule is CCOC(=O)C1=CN2C(CC1=O)c1cc(OC)c(OCCCOC)cc1[C@@H](C)[C@H]2C(C)(C)CC. The molecule has 2 aliphatic heterocycles. The maximum Gasteiger partial charge on any atom is 0.343 e. The second kappa shape index (κ2) is 10.8. The molecule has 0 N–H and O–H groups in total. The summed E-state index contributed by atoms with van der Waals surface area (Å²) in [5.74, 6) is 0.753. The van der Waals surface area contributed by atoms with Crippen molar-refractivity contribution in [3.8, 4) is 11.5 Å². The van der Waals surface area contributed by atoms with Gasteiger partial charge in [-0.15, -0.1) is 0 Å². The van der Waals surface area contributed by atoms with E-state index in [0.717, 1.165) is 24.0 Å². The molecule has 2 aliphatic rings. The van der Waals surface area contributed by atoms with Crippen molar-refractivity contribution in [2.45, 2.75) is 71.9 Å². The van der Waals surface area contributed by atoms with Crippen LogP contribution in [0.25, 0.3) is 0 Å². The number of hydrogen-bond donors (Lipinski definition) is 0. The van der Waals surface area contributed by atoms with Crippen molar-refractivity contribution in [1.29, 1.82) is 0 Å². The van der Waals surface area contributed by atoms with Crippen molar-refractivity contribution >= 4 is 11.8 Å². The lowest BCUT2D eigenvalue weighted by Gasteiger charge is -2.53. The highest BCUT2D eigenvalue weighted by Crippen LogP contribution is 2.52. The van der Waals surface area contributed by atoms with Crippen molar-refractivity contribution in [3.05, 3.63) is 35.0 Å². The fourth-order valence-electron chi connectivity index (χ4n) is 5.27. The fourth-order valence-corrected chi connectivity index (χ4v) is 5.27. The van der Waals surface area contributed by atoms with Crippen LogP contribution >= 0.6 is 0 Å². The largest absolute Gasteiger partial charge is 0.493 e. The Morgan fingerprint density at radius 1 is 1.12 bits per heavy atom. The summed E-state index contributed by atoms with van der Waals surface area (Å²) in [6.45, 7) is 12.0. The summed E-state index contributed by atoms with van der Waals surface area (Å²) >= 11 is 0. The Balaban J connectivity index is 2.11. The number of hydrogen-bond acceptors (Lipinski definition) is 7. The number of rotatable bonds is 10. The molecule has 3 rings (SSSR count). The smallest absolute Gasteiger partial charge is 0.343 e. The van der Waals surface area contributed by atoms with Gasteiger partial charge in [0.2, 0.25) is 0 Å². The van der Waals surface area contributed by atoms with Crippen molar-refractivity contribution < 1.29 is 28.5 Å². The van der Waals surface area contributed by atoms with Crippen LogP contribution in [0.1, 0.15) is 77.0 Å². The molecule has 0 fully saturated rings. The van der Waals surface area contributed by atoms with Crippen LogP contribution in [0.15, 0.2) is 23.9 Å². The van der Waals surface area contributed by atoms with Gasteiger partial charge in [0.25, 0.3) is 0 Å². The quantitative estimate of drug-likeness (QED) is 0.275. The minimum atomic E-state index is -0.546. The molecule has 188 valence electrons. The van der Waals surface area contributed by atoms with Crippen LogP contribution in [-0.4, -0.2) is 56.7 Å². The van der Waals surface area contributed by atoms with Crippen molar-refractivity contribution in [2.75, 3.05) is 34.0 Å². The topological polar surface area (TPSA) is 74.3 Å². The predicted octanol–water partition coefficient (Wildman–Crippen LogP) is 4.80. The summed E-state index contributed by atoms with van der Waals surface area (Å²) in [5.41, 5.74) is 2.28. The summed E-state index contributed by atoms with van der Waals surface area (Å²) in [5, 5.41) is 0. The molecule has 0 bridgehead atoms. The Labute approximate surface area is 203 Å². The van der Waals surface area contributed by atoms with E-state index in [9.17, 15) is 9.59 Å². The van der Waals surface area contributed by atoms with E-state index in [1.54, 1.807) is 27.3 Å². The molecule has 0 aliphatic carbocycles. The maximum absolute atomic E-state index is 13.0. The van der Waals surface area contributed by atoms with E-state index >= 15 is 0 Å². The zero-order valence-corrected chi connectivity index (χ0v) is 21.6. The number of carbonyl (C=O) groups is 2. The number of nitrogens with zero attached hydrogens (tertiary/aromatic N) is 1. The van der Waals surface area contributed by atoms with Crippen LogP contribution in [0.5, 0.6) is 11.5 Å². The zero-order chi connectivity index (χ0) is 25.0. The van der Waals surface area contributed by atoms with E-state index < -0.39 is 5.97 Å². The molecule has 0 amide bonds. The van der Waals surface area contributed by atoms with Crippen LogP contribution in [-0.2, 0) is 19.1 Å². The van der Waals surface area contributed by atoms with Crippen molar-refractivity contribution in [2.24, 2.45) is 5.41 Å². The first-order valence-corrected chi connectivity index (χ1v) is 12.2. The normalized spacial score (nSPS) is 22.0. The predicted molar refractivity (Wildman–Crippen MR) is 130 cm³/mol. The Morgan fingerprint density at radius 2 is 1.82 bits per heavy atom. The molecule has 7 heteroatoms. The summed E-state index contributed by atoms with van der Waals surface area (Å²) in [4.78, 5) is 27.8. The van der Waals surface area contributed by atoms with Gasteiger partial charge < -0.3 is 23.8 Å². The van der Waals surface area contributed by atoms with E-state index in [2.05, 4.69) is 38.7 Å². The van der Waals surface area contributed by atoms with Gasteiger partial charge in [0.1, 0.15) is 5.57 Å². The molecule has 0 aromatic heterocycles. The van der Waals surface area contributed by atoms with Gasteiger partial charge in [0.05, 0.1) is 26.4 Å². The fraction of sp³-hybridized carbons (Fsp3) is 0.630. The first kappa shape index (κ1) is 26.1. The lowest BCUT2D eigenvalue weighted by atomic mass is 9.67. The highest BCUT2D eigenvalue weighted by molar-refractivity contribution is 6.17. The third-order valence-corrected chi connectivity index (χ3v) is 7.29. The molecule has 1 aromatic carbocycles. The molecular weight excluding hydrogens is 434 g/mol. The lowest BCUT2D eigenvalue weighted by molar-refractivity contribution is -0.141. The average Bonchev–Trinajstić information content (AvgIpc) is 2.81. The second-order valence-corrected chi connectivity index (χ2v) is 9.76. The van der Waals surface area contributed by atoms with Crippen LogP contribution in [0.2, 0.25) is 0 Å². The van der Waals surface area contributed by atoms with E-state index in [1.165, 1.54) is 0 Å². The molecule has 0 saturated heterocycles. The van der Waals surface area contributed by atoms with E-state index in [4.69, 9.17) is 18.9 Å². The first-order valence-electron chi connectivity index (χ1n) is 12.2. The average molecular weight is 474 g/mol. The number of benzene rings is 1. The first-order chi connectivity index (χ1) is 16.2. The minimum absolute atomic E-state index is 0.0641. The van der Waals surface area contributed by atoms with Gasteiger partial charge in [0.15, 0.2) is 17.3 Å². The number of esters is 1. The molecular formula is C27H39NO6. The summed E-state index contributed by atoms with van der Waals surface area (Å²) in [6, 6.07) is 3.99. The molecule has 1 unspecified atom stereocenters. The van der Waals surface area contributed by atoms with Gasteiger partial charge >= 0.3 is 5.97 Å². The second-order valence-electron chi connectivity index (χ2n) is 9.76. The standard InChI is InChI=1S/C27H39NO6/c1-8-27(4,5)25-17(3)18-13-24(34-12-10-11-31-6)23(32-7)14-19(18)21-15-22(29)20(16-28(21)25)26(30)33-9-2/h13-14,16-17,21,25H,8-12,15H2,1-7H3/t17-,21?,25+/m1/s1. The van der Waals surface area contributed by atoms with E-state index in [1.807, 2.05) is 6.07 Å². The van der Waals surface area contributed by atoms with Gasteiger partial charge in [-0.25, -0.2) is 4.79 Å². The van der Waals surface area contributed by atoms with Crippen LogP contribution < -0.4 is 9.47 Å².